The highest BCUT2D eigenvalue weighted by Gasteiger charge is 2.24. The lowest BCUT2D eigenvalue weighted by Crippen LogP contribution is -2.45. The van der Waals surface area contributed by atoms with E-state index in [0.29, 0.717) is 24.9 Å². The highest BCUT2D eigenvalue weighted by atomic mass is 16.5. The molecule has 1 N–H and O–H groups in total. The fourth-order valence-corrected chi connectivity index (χ4v) is 2.64. The first-order chi connectivity index (χ1) is 8.29. The summed E-state index contributed by atoms with van der Waals surface area (Å²) in [4.78, 5) is 14.1. The van der Waals surface area contributed by atoms with Gasteiger partial charge in [-0.05, 0) is 38.3 Å². The monoisotopic (exact) mass is 240 g/mol. The zero-order valence-electron chi connectivity index (χ0n) is 10.8. The van der Waals surface area contributed by atoms with Crippen LogP contribution in [-0.4, -0.2) is 49.7 Å². The Morgan fingerprint density at radius 1 is 1.53 bits per heavy atom. The van der Waals surface area contributed by atoms with Gasteiger partial charge >= 0.3 is 0 Å². The van der Waals surface area contributed by atoms with Crippen molar-refractivity contribution in [3.8, 4) is 0 Å². The Hall–Kier alpha value is -0.610. The smallest absolute Gasteiger partial charge is 0.222 e. The Labute approximate surface area is 104 Å². The van der Waals surface area contributed by atoms with Crippen molar-refractivity contribution in [2.24, 2.45) is 5.92 Å². The maximum atomic E-state index is 12.1. The summed E-state index contributed by atoms with van der Waals surface area (Å²) in [5.74, 6) is 1.03. The first kappa shape index (κ1) is 12.8. The molecule has 2 unspecified atom stereocenters. The second-order valence-corrected chi connectivity index (χ2v) is 5.14. The van der Waals surface area contributed by atoms with E-state index in [1.165, 1.54) is 6.42 Å². The van der Waals surface area contributed by atoms with Gasteiger partial charge < -0.3 is 15.0 Å². The molecule has 2 fully saturated rings. The van der Waals surface area contributed by atoms with Gasteiger partial charge in [-0.15, -0.1) is 0 Å². The molecule has 0 spiro atoms. The Kier molecular flexibility index (Phi) is 4.80. The number of rotatable bonds is 4. The van der Waals surface area contributed by atoms with Gasteiger partial charge in [-0.1, -0.05) is 6.92 Å². The van der Waals surface area contributed by atoms with Gasteiger partial charge in [0.05, 0.1) is 12.7 Å². The summed E-state index contributed by atoms with van der Waals surface area (Å²) in [5.41, 5.74) is 0. The van der Waals surface area contributed by atoms with Gasteiger partial charge in [-0.25, -0.2) is 0 Å². The molecule has 0 radical (unpaired) electrons. The van der Waals surface area contributed by atoms with Crippen molar-refractivity contribution in [3.63, 3.8) is 0 Å². The number of hydrogen-bond acceptors (Lipinski definition) is 3. The molecular weight excluding hydrogens is 216 g/mol. The summed E-state index contributed by atoms with van der Waals surface area (Å²) in [6.07, 6.45) is 4.23. The Morgan fingerprint density at radius 3 is 3.12 bits per heavy atom. The molecule has 0 bridgehead atoms. The standard InChI is InChI=1S/C13H24N2O2/c1-2-12-10-15(7-8-17-12)13(16)4-3-11-5-6-14-9-11/h11-12,14H,2-10H2,1H3. The molecule has 2 aliphatic rings. The van der Waals surface area contributed by atoms with Gasteiger partial charge in [0.25, 0.3) is 0 Å². The van der Waals surface area contributed by atoms with Gasteiger partial charge in [-0.3, -0.25) is 4.79 Å². The maximum absolute atomic E-state index is 12.1. The number of nitrogens with zero attached hydrogens (tertiary/aromatic N) is 1. The highest BCUT2D eigenvalue weighted by Crippen LogP contribution is 2.16. The molecule has 2 aliphatic heterocycles. The van der Waals surface area contributed by atoms with E-state index in [2.05, 4.69) is 12.2 Å². The molecule has 4 nitrogen and oxygen atoms in total. The molecule has 0 aromatic carbocycles. The lowest BCUT2D eigenvalue weighted by Gasteiger charge is -2.32. The minimum atomic E-state index is 0.251. The van der Waals surface area contributed by atoms with E-state index >= 15 is 0 Å². The third-order valence-electron chi connectivity index (χ3n) is 3.88. The normalized spacial score (nSPS) is 29.6. The van der Waals surface area contributed by atoms with Crippen LogP contribution in [0.5, 0.6) is 0 Å². The van der Waals surface area contributed by atoms with E-state index in [-0.39, 0.29) is 6.10 Å². The molecule has 0 aromatic rings. The van der Waals surface area contributed by atoms with Crippen LogP contribution >= 0.6 is 0 Å². The third kappa shape index (κ3) is 3.68. The van der Waals surface area contributed by atoms with Crippen molar-refractivity contribution in [1.29, 1.82) is 0 Å². The van der Waals surface area contributed by atoms with Crippen LogP contribution in [0.1, 0.15) is 32.6 Å². The molecule has 0 aliphatic carbocycles. The van der Waals surface area contributed by atoms with Crippen LogP contribution in [-0.2, 0) is 9.53 Å². The van der Waals surface area contributed by atoms with Crippen LogP contribution in [0.3, 0.4) is 0 Å². The first-order valence-electron chi connectivity index (χ1n) is 6.89. The summed E-state index contributed by atoms with van der Waals surface area (Å²) >= 11 is 0. The zero-order chi connectivity index (χ0) is 12.1. The Bertz CT molecular complexity index is 252. The topological polar surface area (TPSA) is 41.6 Å². The van der Waals surface area contributed by atoms with Crippen molar-refractivity contribution < 1.29 is 9.53 Å². The van der Waals surface area contributed by atoms with E-state index in [1.54, 1.807) is 0 Å². The van der Waals surface area contributed by atoms with Crippen LogP contribution in [0.15, 0.2) is 0 Å². The van der Waals surface area contributed by atoms with Gasteiger partial charge in [-0.2, -0.15) is 0 Å². The molecular formula is C13H24N2O2. The van der Waals surface area contributed by atoms with Gasteiger partial charge in [0.2, 0.25) is 5.91 Å². The summed E-state index contributed by atoms with van der Waals surface area (Å²) < 4.78 is 5.58. The molecule has 1 amide bonds. The number of hydrogen-bond donors (Lipinski definition) is 1. The minimum absolute atomic E-state index is 0.251. The molecule has 4 heteroatoms. The number of carbonyl (C=O) groups excluding carboxylic acids is 1. The molecule has 17 heavy (non-hydrogen) atoms. The molecule has 98 valence electrons. The van der Waals surface area contributed by atoms with Crippen LogP contribution in [0.25, 0.3) is 0 Å². The average molecular weight is 240 g/mol. The summed E-state index contributed by atoms with van der Waals surface area (Å²) in [6, 6.07) is 0. The van der Waals surface area contributed by atoms with E-state index in [1.807, 2.05) is 4.90 Å². The lowest BCUT2D eigenvalue weighted by molar-refractivity contribution is -0.139. The van der Waals surface area contributed by atoms with Crippen molar-refractivity contribution in [1.82, 2.24) is 10.2 Å². The maximum Gasteiger partial charge on any atom is 0.222 e. The van der Waals surface area contributed by atoms with Crippen molar-refractivity contribution in [2.75, 3.05) is 32.8 Å². The second-order valence-electron chi connectivity index (χ2n) is 5.14. The Morgan fingerprint density at radius 2 is 2.41 bits per heavy atom. The van der Waals surface area contributed by atoms with Crippen molar-refractivity contribution in [2.45, 2.75) is 38.7 Å². The Balaban J connectivity index is 1.71. The van der Waals surface area contributed by atoms with Crippen molar-refractivity contribution in [3.05, 3.63) is 0 Å². The summed E-state index contributed by atoms with van der Waals surface area (Å²) in [6.45, 7) is 6.59. The van der Waals surface area contributed by atoms with E-state index < -0.39 is 0 Å². The van der Waals surface area contributed by atoms with Crippen LogP contribution in [0.2, 0.25) is 0 Å². The number of nitrogens with one attached hydrogen (secondary N) is 1. The molecule has 2 atom stereocenters. The predicted octanol–water partition coefficient (Wildman–Crippen LogP) is 1.01. The zero-order valence-corrected chi connectivity index (χ0v) is 10.8. The van der Waals surface area contributed by atoms with E-state index in [9.17, 15) is 4.79 Å². The van der Waals surface area contributed by atoms with E-state index in [4.69, 9.17) is 4.74 Å². The second kappa shape index (κ2) is 6.36. The van der Waals surface area contributed by atoms with E-state index in [0.717, 1.165) is 39.0 Å². The van der Waals surface area contributed by atoms with Crippen LogP contribution in [0.4, 0.5) is 0 Å². The number of morpholine rings is 1. The van der Waals surface area contributed by atoms with Gasteiger partial charge in [0.1, 0.15) is 0 Å². The largest absolute Gasteiger partial charge is 0.375 e. The summed E-state index contributed by atoms with van der Waals surface area (Å²) in [5, 5.41) is 3.35. The lowest BCUT2D eigenvalue weighted by atomic mass is 10.0. The first-order valence-corrected chi connectivity index (χ1v) is 6.89. The predicted molar refractivity (Wildman–Crippen MR) is 66.8 cm³/mol. The van der Waals surface area contributed by atoms with Crippen LogP contribution in [0, 0.1) is 5.92 Å². The highest BCUT2D eigenvalue weighted by molar-refractivity contribution is 5.76. The van der Waals surface area contributed by atoms with Gasteiger partial charge in [0.15, 0.2) is 0 Å². The minimum Gasteiger partial charge on any atom is -0.375 e. The average Bonchev–Trinajstić information content (AvgIpc) is 2.89. The SMILES string of the molecule is CCC1CN(C(=O)CCC2CCNC2)CCO1. The van der Waals surface area contributed by atoms with Crippen molar-refractivity contribution >= 4 is 5.91 Å². The number of amides is 1. The molecule has 2 heterocycles. The molecule has 2 rings (SSSR count). The summed E-state index contributed by atoms with van der Waals surface area (Å²) in [7, 11) is 0. The fraction of sp³-hybridized carbons (Fsp3) is 0.923. The van der Waals surface area contributed by atoms with Crippen LogP contribution < -0.4 is 5.32 Å². The quantitative estimate of drug-likeness (QED) is 0.797. The third-order valence-corrected chi connectivity index (χ3v) is 3.88. The molecule has 0 aromatic heterocycles. The van der Waals surface area contributed by atoms with Gasteiger partial charge in [0, 0.05) is 19.5 Å². The number of carbonyl (C=O) groups is 1. The fourth-order valence-electron chi connectivity index (χ4n) is 2.64. The molecule has 2 saturated heterocycles. The number of ether oxygens (including phenoxy) is 1. The molecule has 0 saturated carbocycles.